The van der Waals surface area contributed by atoms with Gasteiger partial charge in [0, 0.05) is 38.1 Å². The van der Waals surface area contributed by atoms with Gasteiger partial charge in [-0.15, -0.1) is 0 Å². The standard InChI is InChI=1S/C19H19BrN4O/c1-23(2)18-5-3-4-14(10-18)11-21-19(25)15-6-8-17(9-7-15)24-13-16(20)12-22-24/h3-10,12-13H,11H2,1-2H3,(H,21,25). The third kappa shape index (κ3) is 4.28. The largest absolute Gasteiger partial charge is 0.378 e. The van der Waals surface area contributed by atoms with Crippen LogP contribution in [-0.2, 0) is 6.54 Å². The molecule has 0 saturated heterocycles. The second kappa shape index (κ2) is 7.53. The molecule has 2 aromatic carbocycles. The van der Waals surface area contributed by atoms with E-state index >= 15 is 0 Å². The van der Waals surface area contributed by atoms with Crippen molar-refractivity contribution in [3.63, 3.8) is 0 Å². The number of halogens is 1. The Labute approximate surface area is 155 Å². The van der Waals surface area contributed by atoms with Crippen LogP contribution in [0.5, 0.6) is 0 Å². The van der Waals surface area contributed by atoms with E-state index < -0.39 is 0 Å². The van der Waals surface area contributed by atoms with E-state index in [2.05, 4.69) is 32.4 Å². The Kier molecular flexibility index (Phi) is 5.19. The fourth-order valence-corrected chi connectivity index (χ4v) is 2.72. The molecule has 1 N–H and O–H groups in total. The molecule has 0 spiro atoms. The Hall–Kier alpha value is -2.60. The maximum Gasteiger partial charge on any atom is 0.251 e. The van der Waals surface area contributed by atoms with Crippen molar-refractivity contribution in [2.24, 2.45) is 0 Å². The molecular formula is C19H19BrN4O. The van der Waals surface area contributed by atoms with E-state index in [0.29, 0.717) is 12.1 Å². The molecule has 3 aromatic rings. The second-order valence-corrected chi connectivity index (χ2v) is 6.81. The van der Waals surface area contributed by atoms with Gasteiger partial charge in [-0.25, -0.2) is 4.68 Å². The highest BCUT2D eigenvalue weighted by atomic mass is 79.9. The first-order valence-electron chi connectivity index (χ1n) is 7.88. The van der Waals surface area contributed by atoms with Crippen LogP contribution in [0.3, 0.4) is 0 Å². The number of nitrogens with zero attached hydrogens (tertiary/aromatic N) is 3. The predicted molar refractivity (Wildman–Crippen MR) is 103 cm³/mol. The molecule has 0 aliphatic heterocycles. The zero-order valence-corrected chi connectivity index (χ0v) is 15.7. The number of rotatable bonds is 5. The lowest BCUT2D eigenvalue weighted by Crippen LogP contribution is -2.23. The minimum Gasteiger partial charge on any atom is -0.378 e. The molecule has 6 heteroatoms. The van der Waals surface area contributed by atoms with Gasteiger partial charge in [-0.05, 0) is 57.9 Å². The molecule has 5 nitrogen and oxygen atoms in total. The van der Waals surface area contributed by atoms with Gasteiger partial charge in [-0.3, -0.25) is 4.79 Å². The predicted octanol–water partition coefficient (Wildman–Crippen LogP) is 3.63. The Morgan fingerprint density at radius 1 is 1.20 bits per heavy atom. The summed E-state index contributed by atoms with van der Waals surface area (Å²) >= 11 is 3.37. The number of amides is 1. The molecule has 1 heterocycles. The average molecular weight is 399 g/mol. The molecule has 1 aromatic heterocycles. The lowest BCUT2D eigenvalue weighted by molar-refractivity contribution is 0.0951. The van der Waals surface area contributed by atoms with Crippen LogP contribution in [0.1, 0.15) is 15.9 Å². The van der Waals surface area contributed by atoms with Gasteiger partial charge in [0.25, 0.3) is 5.91 Å². The van der Waals surface area contributed by atoms with Crippen molar-refractivity contribution in [3.8, 4) is 5.69 Å². The van der Waals surface area contributed by atoms with Gasteiger partial charge in [-0.1, -0.05) is 12.1 Å². The summed E-state index contributed by atoms with van der Waals surface area (Å²) in [6.07, 6.45) is 3.59. The first kappa shape index (κ1) is 17.2. The zero-order valence-electron chi connectivity index (χ0n) is 14.1. The number of benzene rings is 2. The third-order valence-electron chi connectivity index (χ3n) is 3.83. The summed E-state index contributed by atoms with van der Waals surface area (Å²) in [6, 6.07) is 15.5. The maximum atomic E-state index is 12.3. The number of hydrogen-bond acceptors (Lipinski definition) is 3. The van der Waals surface area contributed by atoms with Crippen LogP contribution in [0.2, 0.25) is 0 Å². The highest BCUT2D eigenvalue weighted by molar-refractivity contribution is 9.10. The van der Waals surface area contributed by atoms with Crippen molar-refractivity contribution in [2.45, 2.75) is 6.54 Å². The van der Waals surface area contributed by atoms with Gasteiger partial charge < -0.3 is 10.2 Å². The summed E-state index contributed by atoms with van der Waals surface area (Å²) in [6.45, 7) is 0.494. The van der Waals surface area contributed by atoms with E-state index in [-0.39, 0.29) is 5.91 Å². The van der Waals surface area contributed by atoms with Crippen LogP contribution in [0.15, 0.2) is 65.4 Å². The molecule has 3 rings (SSSR count). The van der Waals surface area contributed by atoms with Gasteiger partial charge in [0.05, 0.1) is 16.4 Å². The van der Waals surface area contributed by atoms with Gasteiger partial charge in [0.2, 0.25) is 0 Å². The molecule has 0 radical (unpaired) electrons. The smallest absolute Gasteiger partial charge is 0.251 e. The van der Waals surface area contributed by atoms with Crippen LogP contribution in [-0.4, -0.2) is 29.8 Å². The number of nitrogens with one attached hydrogen (secondary N) is 1. The lowest BCUT2D eigenvalue weighted by Gasteiger charge is -2.14. The van der Waals surface area contributed by atoms with E-state index in [4.69, 9.17) is 0 Å². The van der Waals surface area contributed by atoms with Gasteiger partial charge in [0.1, 0.15) is 0 Å². The molecule has 0 aliphatic rings. The van der Waals surface area contributed by atoms with Crippen LogP contribution in [0.4, 0.5) is 5.69 Å². The van der Waals surface area contributed by atoms with Crippen LogP contribution >= 0.6 is 15.9 Å². The molecule has 0 fully saturated rings. The average Bonchev–Trinajstić information content (AvgIpc) is 3.06. The number of hydrogen-bond donors (Lipinski definition) is 1. The molecule has 0 saturated carbocycles. The molecule has 1 amide bonds. The summed E-state index contributed by atoms with van der Waals surface area (Å²) in [5, 5.41) is 7.18. The first-order valence-corrected chi connectivity index (χ1v) is 8.67. The summed E-state index contributed by atoms with van der Waals surface area (Å²) in [7, 11) is 3.99. The number of carbonyl (C=O) groups excluding carboxylic acids is 1. The summed E-state index contributed by atoms with van der Waals surface area (Å²) in [4.78, 5) is 14.4. The van der Waals surface area contributed by atoms with Crippen LogP contribution in [0, 0.1) is 0 Å². The molecule has 0 aliphatic carbocycles. The highest BCUT2D eigenvalue weighted by Gasteiger charge is 2.07. The zero-order chi connectivity index (χ0) is 17.8. The van der Waals surface area contributed by atoms with Crippen LogP contribution < -0.4 is 10.2 Å². The van der Waals surface area contributed by atoms with Crippen molar-refractivity contribution in [1.82, 2.24) is 15.1 Å². The minimum atomic E-state index is -0.0940. The van der Waals surface area contributed by atoms with Gasteiger partial charge in [0.15, 0.2) is 0 Å². The van der Waals surface area contributed by atoms with Crippen molar-refractivity contribution in [2.75, 3.05) is 19.0 Å². The molecule has 0 unspecified atom stereocenters. The molecule has 0 atom stereocenters. The second-order valence-electron chi connectivity index (χ2n) is 5.90. The molecular weight excluding hydrogens is 380 g/mol. The van der Waals surface area contributed by atoms with E-state index in [1.807, 2.05) is 55.5 Å². The topological polar surface area (TPSA) is 50.2 Å². The summed E-state index contributed by atoms with van der Waals surface area (Å²) in [5.41, 5.74) is 3.71. The van der Waals surface area contributed by atoms with Crippen LogP contribution in [0.25, 0.3) is 5.69 Å². The van der Waals surface area contributed by atoms with E-state index in [9.17, 15) is 4.79 Å². The van der Waals surface area contributed by atoms with Gasteiger partial charge >= 0.3 is 0 Å². The fraction of sp³-hybridized carbons (Fsp3) is 0.158. The minimum absolute atomic E-state index is 0.0940. The number of anilines is 1. The Bertz CT molecular complexity index is 871. The number of carbonyl (C=O) groups is 1. The first-order chi connectivity index (χ1) is 12.0. The maximum absolute atomic E-state index is 12.3. The summed E-state index contributed by atoms with van der Waals surface area (Å²) in [5.74, 6) is -0.0940. The SMILES string of the molecule is CN(C)c1cccc(CNC(=O)c2ccc(-n3cc(Br)cn3)cc2)c1. The fourth-order valence-electron chi connectivity index (χ4n) is 2.44. The van der Waals surface area contributed by atoms with Crippen molar-refractivity contribution in [3.05, 3.63) is 76.5 Å². The molecule has 25 heavy (non-hydrogen) atoms. The van der Waals surface area contributed by atoms with Gasteiger partial charge in [-0.2, -0.15) is 5.10 Å². The Morgan fingerprint density at radius 3 is 2.60 bits per heavy atom. The Morgan fingerprint density at radius 2 is 1.96 bits per heavy atom. The van der Waals surface area contributed by atoms with Crippen molar-refractivity contribution < 1.29 is 4.79 Å². The quantitative estimate of drug-likeness (QED) is 0.713. The highest BCUT2D eigenvalue weighted by Crippen LogP contribution is 2.15. The lowest BCUT2D eigenvalue weighted by atomic mass is 10.1. The van der Waals surface area contributed by atoms with E-state index in [1.165, 1.54) is 0 Å². The summed E-state index contributed by atoms with van der Waals surface area (Å²) < 4.78 is 2.66. The van der Waals surface area contributed by atoms with Crippen molar-refractivity contribution >= 4 is 27.5 Å². The monoisotopic (exact) mass is 398 g/mol. The van der Waals surface area contributed by atoms with E-state index in [1.54, 1.807) is 23.0 Å². The van der Waals surface area contributed by atoms with E-state index in [0.717, 1.165) is 21.4 Å². The Balaban J connectivity index is 1.64. The molecule has 128 valence electrons. The molecule has 0 bridgehead atoms. The normalized spacial score (nSPS) is 10.5. The number of aromatic nitrogens is 2. The van der Waals surface area contributed by atoms with Crippen molar-refractivity contribution in [1.29, 1.82) is 0 Å². The third-order valence-corrected chi connectivity index (χ3v) is 4.23.